The Morgan fingerprint density at radius 2 is 1.94 bits per heavy atom. The van der Waals surface area contributed by atoms with E-state index in [1.165, 1.54) is 11.9 Å². The first-order chi connectivity index (χ1) is 8.39. The van der Waals surface area contributed by atoms with Crippen molar-refractivity contribution in [2.75, 3.05) is 6.26 Å². The number of nitrogens with one attached hydrogen (secondary N) is 1. The Morgan fingerprint density at radius 1 is 1.33 bits per heavy atom. The number of nitrogens with zero attached hydrogens (tertiary/aromatic N) is 2. The van der Waals surface area contributed by atoms with Crippen LogP contribution in [0.25, 0.3) is 0 Å². The number of hydrogen-bond acceptors (Lipinski definition) is 5. The Morgan fingerprint density at radius 3 is 2.44 bits per heavy atom. The van der Waals surface area contributed by atoms with Crippen LogP contribution < -0.4 is 5.43 Å². The molecular formula is C11H13N3O3S. The fraction of sp³-hybridized carbons (Fsp3) is 0.273. The van der Waals surface area contributed by atoms with Gasteiger partial charge in [0.15, 0.2) is 6.17 Å². The first-order valence-corrected chi connectivity index (χ1v) is 7.18. The zero-order chi connectivity index (χ0) is 13.3. The minimum Gasteiger partial charge on any atom is -0.273 e. The summed E-state index contributed by atoms with van der Waals surface area (Å²) in [6, 6.07) is 9.03. The first-order valence-electron chi connectivity index (χ1n) is 5.29. The molecule has 0 fully saturated rings. The van der Waals surface area contributed by atoms with Crippen LogP contribution in [0.3, 0.4) is 0 Å². The summed E-state index contributed by atoms with van der Waals surface area (Å²) in [5.41, 5.74) is 3.27. The summed E-state index contributed by atoms with van der Waals surface area (Å²) in [5.74, 6) is -0.300. The molecule has 0 aromatic heterocycles. The van der Waals surface area contributed by atoms with Gasteiger partial charge in [0, 0.05) is 13.2 Å². The fourth-order valence-electron chi connectivity index (χ4n) is 1.64. The molecule has 1 aliphatic rings. The lowest BCUT2D eigenvalue weighted by Crippen LogP contribution is -2.42. The Kier molecular flexibility index (Phi) is 3.08. The normalized spacial score (nSPS) is 19.3. The third-order valence-corrected chi connectivity index (χ3v) is 3.39. The van der Waals surface area contributed by atoms with Crippen LogP contribution in [-0.4, -0.2) is 30.8 Å². The van der Waals surface area contributed by atoms with Crippen molar-refractivity contribution < 1.29 is 13.2 Å². The monoisotopic (exact) mass is 267 g/mol. The van der Waals surface area contributed by atoms with Crippen LogP contribution in [-0.2, 0) is 14.6 Å². The average Bonchev–Trinajstić information content (AvgIpc) is 2.74. The van der Waals surface area contributed by atoms with Gasteiger partial charge in [-0.25, -0.2) is 18.4 Å². The van der Waals surface area contributed by atoms with E-state index in [0.717, 1.165) is 11.8 Å². The summed E-state index contributed by atoms with van der Waals surface area (Å²) < 4.78 is 22.9. The van der Waals surface area contributed by atoms with E-state index in [2.05, 4.69) is 10.4 Å². The van der Waals surface area contributed by atoms with Gasteiger partial charge in [-0.1, -0.05) is 30.3 Å². The van der Waals surface area contributed by atoms with Gasteiger partial charge >= 0.3 is 0 Å². The second kappa shape index (κ2) is 4.41. The van der Waals surface area contributed by atoms with Gasteiger partial charge in [0.25, 0.3) is 0 Å². The molecule has 1 aliphatic heterocycles. The van der Waals surface area contributed by atoms with E-state index in [1.54, 1.807) is 12.1 Å². The zero-order valence-corrected chi connectivity index (χ0v) is 10.8. The maximum atomic E-state index is 11.5. The van der Waals surface area contributed by atoms with E-state index < -0.39 is 16.0 Å². The number of rotatable bonds is 1. The van der Waals surface area contributed by atoms with Gasteiger partial charge < -0.3 is 0 Å². The van der Waals surface area contributed by atoms with Crippen LogP contribution in [0.2, 0.25) is 0 Å². The number of sulfone groups is 1. The number of amidine groups is 1. The predicted octanol–water partition coefficient (Wildman–Crippen LogP) is 0.452. The Bertz CT molecular complexity index is 595. The maximum Gasteiger partial charge on any atom is 0.240 e. The molecule has 1 heterocycles. The summed E-state index contributed by atoms with van der Waals surface area (Å²) in [6.07, 6.45) is 0.401. The van der Waals surface area contributed by atoms with E-state index in [4.69, 9.17) is 0 Å². The lowest BCUT2D eigenvalue weighted by Gasteiger charge is -2.21. The number of hydrazine groups is 1. The first kappa shape index (κ1) is 12.6. The summed E-state index contributed by atoms with van der Waals surface area (Å²) >= 11 is 0. The third kappa shape index (κ3) is 2.35. The highest BCUT2D eigenvalue weighted by Crippen LogP contribution is 2.25. The number of carbonyl (C=O) groups excluding carboxylic acids is 1. The van der Waals surface area contributed by atoms with Gasteiger partial charge in [0.05, 0.1) is 0 Å². The second-order valence-electron chi connectivity index (χ2n) is 3.99. The Labute approximate surface area is 105 Å². The van der Waals surface area contributed by atoms with Crippen LogP contribution >= 0.6 is 0 Å². The highest BCUT2D eigenvalue weighted by atomic mass is 32.2. The van der Waals surface area contributed by atoms with Crippen LogP contribution in [0.4, 0.5) is 0 Å². The molecule has 1 amide bonds. The second-order valence-corrected chi connectivity index (χ2v) is 5.92. The van der Waals surface area contributed by atoms with Gasteiger partial charge in [-0.15, -0.1) is 0 Å². The summed E-state index contributed by atoms with van der Waals surface area (Å²) in [7, 11) is -3.46. The summed E-state index contributed by atoms with van der Waals surface area (Å²) in [4.78, 5) is 15.6. The molecular weight excluding hydrogens is 254 g/mol. The van der Waals surface area contributed by atoms with E-state index in [9.17, 15) is 13.2 Å². The largest absolute Gasteiger partial charge is 0.273 e. The van der Waals surface area contributed by atoms with Crippen LogP contribution in [0, 0.1) is 0 Å². The number of benzene rings is 1. The van der Waals surface area contributed by atoms with Crippen molar-refractivity contribution in [3.05, 3.63) is 35.9 Å². The van der Waals surface area contributed by atoms with Gasteiger partial charge in [-0.2, -0.15) is 0 Å². The van der Waals surface area contributed by atoms with Gasteiger partial charge in [0.2, 0.25) is 20.9 Å². The number of carbonyl (C=O) groups is 1. The van der Waals surface area contributed by atoms with Crippen LogP contribution in [0.15, 0.2) is 35.3 Å². The van der Waals surface area contributed by atoms with Crippen LogP contribution in [0.1, 0.15) is 18.7 Å². The lowest BCUT2D eigenvalue weighted by molar-refractivity contribution is -0.132. The van der Waals surface area contributed by atoms with E-state index in [0.29, 0.717) is 0 Å². The van der Waals surface area contributed by atoms with Crippen molar-refractivity contribution in [2.45, 2.75) is 13.1 Å². The maximum absolute atomic E-state index is 11.5. The lowest BCUT2D eigenvalue weighted by atomic mass is 10.2. The third-order valence-electron chi connectivity index (χ3n) is 2.49. The molecule has 96 valence electrons. The van der Waals surface area contributed by atoms with Crippen molar-refractivity contribution in [1.82, 2.24) is 10.4 Å². The summed E-state index contributed by atoms with van der Waals surface area (Å²) in [5, 5.41) is 1.01. The standard InChI is InChI=1S/C11H13N3O3S/c1-8(15)14-10(9-6-4-3-5-7-9)12-11(13-14)18(2,16)17/h3-7,10H,1-2H3,(H,12,13). The molecule has 0 spiro atoms. The van der Waals surface area contributed by atoms with E-state index in [-0.39, 0.29) is 11.1 Å². The predicted molar refractivity (Wildman–Crippen MR) is 67.1 cm³/mol. The minimum atomic E-state index is -3.46. The molecule has 1 aromatic rings. The molecule has 1 atom stereocenters. The van der Waals surface area contributed by atoms with Gasteiger partial charge in [0.1, 0.15) is 0 Å². The SMILES string of the molecule is CC(=O)N1NC(S(C)(=O)=O)=NC1c1ccccc1. The molecule has 0 bridgehead atoms. The number of aliphatic imine (C=N–C) groups is 1. The van der Waals surface area contributed by atoms with Gasteiger partial charge in [-0.05, 0) is 5.56 Å². The van der Waals surface area contributed by atoms with E-state index >= 15 is 0 Å². The van der Waals surface area contributed by atoms with Gasteiger partial charge in [-0.3, -0.25) is 10.2 Å². The molecule has 0 radical (unpaired) electrons. The molecule has 0 aliphatic carbocycles. The molecule has 7 heteroatoms. The minimum absolute atomic E-state index is 0.188. The summed E-state index contributed by atoms with van der Waals surface area (Å²) in [6.45, 7) is 1.35. The smallest absolute Gasteiger partial charge is 0.240 e. The quantitative estimate of drug-likeness (QED) is 0.801. The van der Waals surface area contributed by atoms with Crippen LogP contribution in [0.5, 0.6) is 0 Å². The van der Waals surface area contributed by atoms with Crippen molar-refractivity contribution in [1.29, 1.82) is 0 Å². The van der Waals surface area contributed by atoms with Crippen molar-refractivity contribution >= 4 is 20.9 Å². The molecule has 1 unspecified atom stereocenters. The molecule has 18 heavy (non-hydrogen) atoms. The molecule has 0 saturated heterocycles. The number of amides is 1. The molecule has 6 nitrogen and oxygen atoms in total. The molecule has 0 saturated carbocycles. The highest BCUT2D eigenvalue weighted by molar-refractivity contribution is 8.05. The van der Waals surface area contributed by atoms with E-state index in [1.807, 2.05) is 18.2 Å². The molecule has 2 rings (SSSR count). The fourth-order valence-corrected chi connectivity index (χ4v) is 2.20. The highest BCUT2D eigenvalue weighted by Gasteiger charge is 2.33. The average molecular weight is 267 g/mol. The number of hydrogen-bond donors (Lipinski definition) is 1. The molecule has 1 aromatic carbocycles. The Hall–Kier alpha value is -1.89. The topological polar surface area (TPSA) is 78.8 Å². The zero-order valence-electron chi connectivity index (χ0n) is 9.99. The van der Waals surface area contributed by atoms with Crippen molar-refractivity contribution in [3.63, 3.8) is 0 Å². The molecule has 1 N–H and O–H groups in total. The van der Waals surface area contributed by atoms with Crippen molar-refractivity contribution in [2.24, 2.45) is 4.99 Å². The Balaban J connectivity index is 2.42. The van der Waals surface area contributed by atoms with Crippen molar-refractivity contribution in [3.8, 4) is 0 Å².